The Kier molecular flexibility index (Phi) is 6.25. The maximum absolute atomic E-state index is 12.7. The van der Waals surface area contributed by atoms with Gasteiger partial charge < -0.3 is 31.5 Å². The summed E-state index contributed by atoms with van der Waals surface area (Å²) in [6.07, 6.45) is 0. The molecule has 4 nitrogen and oxygen atoms in total. The maximum atomic E-state index is 12.7. The van der Waals surface area contributed by atoms with Crippen LogP contribution in [0.15, 0.2) is 48.5 Å². The number of rotatable bonds is 5. The number of nitrogens with zero attached hydrogens (tertiary/aromatic N) is 1. The Morgan fingerprint density at radius 1 is 1.00 bits per heavy atom. The molecule has 0 fully saturated rings. The van der Waals surface area contributed by atoms with E-state index in [1.807, 2.05) is 48.5 Å². The summed E-state index contributed by atoms with van der Waals surface area (Å²) in [5.74, 6) is 1.69. The molecule has 1 aliphatic heterocycles. The summed E-state index contributed by atoms with van der Waals surface area (Å²) in [7, 11) is 2.12. The van der Waals surface area contributed by atoms with Crippen molar-refractivity contribution in [3.8, 4) is 11.5 Å². The van der Waals surface area contributed by atoms with Gasteiger partial charge in [-0.2, -0.15) is 0 Å². The Morgan fingerprint density at radius 3 is 1.96 bits per heavy atom. The number of fused-ring (bicyclic) bond motifs is 2. The molecule has 0 radical (unpaired) electrons. The van der Waals surface area contributed by atoms with Crippen LogP contribution in [-0.2, 0) is 4.79 Å². The van der Waals surface area contributed by atoms with E-state index in [1.54, 1.807) is 0 Å². The minimum atomic E-state index is -0.166. The molecule has 0 bridgehead atoms. The number of hydrogen-bond donors (Lipinski definition) is 1. The summed E-state index contributed by atoms with van der Waals surface area (Å²) >= 11 is 0. The summed E-state index contributed by atoms with van der Waals surface area (Å²) in [5, 5.41) is 3.22. The Morgan fingerprint density at radius 2 is 1.48 bits per heavy atom. The van der Waals surface area contributed by atoms with Crippen LogP contribution in [-0.4, -0.2) is 37.1 Å². The third kappa shape index (κ3) is 4.05. The van der Waals surface area contributed by atoms with Crippen molar-refractivity contribution >= 4 is 5.91 Å². The van der Waals surface area contributed by atoms with Gasteiger partial charge in [0.05, 0.1) is 26.2 Å². The van der Waals surface area contributed by atoms with Crippen molar-refractivity contribution in [3.63, 3.8) is 0 Å². The van der Waals surface area contributed by atoms with Gasteiger partial charge in [-0.25, -0.2) is 0 Å². The van der Waals surface area contributed by atoms with Crippen molar-refractivity contribution in [2.24, 2.45) is 0 Å². The van der Waals surface area contributed by atoms with Crippen molar-refractivity contribution < 1.29 is 31.0 Å². The zero-order valence-corrected chi connectivity index (χ0v) is 16.5. The van der Waals surface area contributed by atoms with Gasteiger partial charge in [-0.3, -0.25) is 4.79 Å². The molecule has 1 N–H and O–H groups in total. The maximum Gasteiger partial charge on any atom is 0.276 e. The monoisotopic (exact) mass is 404 g/mol. The zero-order valence-electron chi connectivity index (χ0n) is 15.0. The number of hydrogen-bond acceptors (Lipinski definition) is 2. The molecule has 2 aromatic carbocycles. The highest BCUT2D eigenvalue weighted by Gasteiger charge is 2.30. The molecule has 3 rings (SSSR count). The molecule has 1 aliphatic rings. The van der Waals surface area contributed by atoms with Crippen LogP contribution in [0.5, 0.6) is 11.5 Å². The van der Waals surface area contributed by atoms with Crippen molar-refractivity contribution in [3.05, 3.63) is 59.7 Å². The summed E-state index contributed by atoms with van der Waals surface area (Å²) in [5.41, 5.74) is 2.01. The lowest BCUT2D eigenvalue weighted by molar-refractivity contribution is -0.898. The standard InChI is InChI=1S/C20H24N2O2.BrH/c1-4-22(3,5-2)14-19(23)21-20-15-10-6-8-12-17(15)24-18-13-9-7-11-16(18)20;/h6-13,20H,4-5,14H2,1-3H3;1H. The Bertz CT molecular complexity index is 698. The molecule has 0 spiro atoms. The van der Waals surface area contributed by atoms with Crippen LogP contribution in [0.4, 0.5) is 0 Å². The Labute approximate surface area is 160 Å². The van der Waals surface area contributed by atoms with Crippen molar-refractivity contribution in [1.82, 2.24) is 5.32 Å². The minimum Gasteiger partial charge on any atom is -1.00 e. The molecule has 1 heterocycles. The first-order chi connectivity index (χ1) is 11.6. The summed E-state index contributed by atoms with van der Waals surface area (Å²) in [6, 6.07) is 15.6. The third-order valence-electron chi connectivity index (χ3n) is 5.04. The predicted molar refractivity (Wildman–Crippen MR) is 95.1 cm³/mol. The van der Waals surface area contributed by atoms with E-state index in [9.17, 15) is 4.79 Å². The lowest BCUT2D eigenvalue weighted by Crippen LogP contribution is -3.00. The number of benzene rings is 2. The van der Waals surface area contributed by atoms with Gasteiger partial charge in [0, 0.05) is 11.1 Å². The normalized spacial score (nSPS) is 13.1. The quantitative estimate of drug-likeness (QED) is 0.736. The molecule has 25 heavy (non-hydrogen) atoms. The largest absolute Gasteiger partial charge is 1.00 e. The first-order valence-electron chi connectivity index (χ1n) is 8.55. The molecule has 1 amide bonds. The number of nitrogens with one attached hydrogen (secondary N) is 1. The highest BCUT2D eigenvalue weighted by Crippen LogP contribution is 2.42. The van der Waals surface area contributed by atoms with Gasteiger partial charge in [-0.1, -0.05) is 36.4 Å². The van der Waals surface area contributed by atoms with E-state index in [2.05, 4.69) is 26.2 Å². The molecule has 134 valence electrons. The SMILES string of the molecule is CC[N+](C)(CC)CC(=O)NC1c2ccccc2Oc2ccccc21.[Br-]. The lowest BCUT2D eigenvalue weighted by Gasteiger charge is -2.33. The second-order valence-corrected chi connectivity index (χ2v) is 6.59. The van der Waals surface area contributed by atoms with Crippen molar-refractivity contribution in [2.75, 3.05) is 26.7 Å². The molecular weight excluding hydrogens is 380 g/mol. The van der Waals surface area contributed by atoms with Gasteiger partial charge in [-0.15, -0.1) is 0 Å². The molecule has 0 aliphatic carbocycles. The number of carbonyl (C=O) groups excluding carboxylic acids is 1. The Balaban J connectivity index is 0.00000225. The number of quaternary nitrogens is 1. The third-order valence-corrected chi connectivity index (χ3v) is 5.04. The number of likely N-dealkylation sites (N-methyl/N-ethyl adjacent to an activating group) is 1. The second-order valence-electron chi connectivity index (χ2n) is 6.59. The fraction of sp³-hybridized carbons (Fsp3) is 0.350. The molecule has 2 aromatic rings. The molecule has 0 aromatic heterocycles. The van der Waals surface area contributed by atoms with Gasteiger partial charge in [0.1, 0.15) is 11.5 Å². The van der Waals surface area contributed by atoms with Crippen molar-refractivity contribution in [2.45, 2.75) is 19.9 Å². The summed E-state index contributed by atoms with van der Waals surface area (Å²) in [4.78, 5) is 12.7. The lowest BCUT2D eigenvalue weighted by atomic mass is 9.94. The first-order valence-corrected chi connectivity index (χ1v) is 8.55. The van der Waals surface area contributed by atoms with E-state index in [0.717, 1.165) is 40.2 Å². The number of amides is 1. The number of halogens is 1. The number of para-hydroxylation sites is 2. The van der Waals surface area contributed by atoms with E-state index in [-0.39, 0.29) is 28.9 Å². The molecule has 0 atom stereocenters. The van der Waals surface area contributed by atoms with E-state index in [1.165, 1.54) is 0 Å². The zero-order chi connectivity index (χ0) is 17.2. The van der Waals surface area contributed by atoms with Crippen LogP contribution in [0.1, 0.15) is 31.0 Å². The topological polar surface area (TPSA) is 38.3 Å². The molecule has 0 saturated heterocycles. The van der Waals surface area contributed by atoms with Gasteiger partial charge in [0.15, 0.2) is 6.54 Å². The fourth-order valence-corrected chi connectivity index (χ4v) is 3.07. The van der Waals surface area contributed by atoms with Crippen LogP contribution in [0.3, 0.4) is 0 Å². The van der Waals surface area contributed by atoms with Crippen LogP contribution in [0.25, 0.3) is 0 Å². The number of carbonyl (C=O) groups is 1. The average Bonchev–Trinajstić information content (AvgIpc) is 2.61. The van der Waals surface area contributed by atoms with Crippen LogP contribution in [0.2, 0.25) is 0 Å². The van der Waals surface area contributed by atoms with Crippen molar-refractivity contribution in [1.29, 1.82) is 0 Å². The van der Waals surface area contributed by atoms with Gasteiger partial charge in [0.2, 0.25) is 0 Å². The molecule has 5 heteroatoms. The first kappa shape index (κ1) is 19.5. The van der Waals surface area contributed by atoms with Gasteiger partial charge >= 0.3 is 0 Å². The molecule has 0 saturated carbocycles. The van der Waals surface area contributed by atoms with Crippen LogP contribution >= 0.6 is 0 Å². The fourth-order valence-electron chi connectivity index (χ4n) is 3.07. The smallest absolute Gasteiger partial charge is 0.276 e. The average molecular weight is 405 g/mol. The van der Waals surface area contributed by atoms with Gasteiger partial charge in [0.25, 0.3) is 5.91 Å². The minimum absolute atomic E-state index is 0. The second kappa shape index (κ2) is 8.02. The highest BCUT2D eigenvalue weighted by atomic mass is 79.9. The Hall–Kier alpha value is -1.85. The van der Waals surface area contributed by atoms with E-state index in [0.29, 0.717) is 6.54 Å². The van der Waals surface area contributed by atoms with Gasteiger partial charge in [-0.05, 0) is 26.0 Å². The summed E-state index contributed by atoms with van der Waals surface area (Å²) in [6.45, 7) is 6.59. The van der Waals surface area contributed by atoms with Crippen LogP contribution in [0, 0.1) is 0 Å². The number of ether oxygens (including phenoxy) is 1. The van der Waals surface area contributed by atoms with E-state index in [4.69, 9.17) is 4.74 Å². The van der Waals surface area contributed by atoms with E-state index >= 15 is 0 Å². The van der Waals surface area contributed by atoms with Crippen LogP contribution < -0.4 is 27.0 Å². The highest BCUT2D eigenvalue weighted by molar-refractivity contribution is 5.78. The summed E-state index contributed by atoms with van der Waals surface area (Å²) < 4.78 is 6.71. The molecule has 0 unspecified atom stereocenters. The van der Waals surface area contributed by atoms with E-state index < -0.39 is 0 Å². The predicted octanol–water partition coefficient (Wildman–Crippen LogP) is 0.488. The molecular formula is C20H25BrN2O2.